The number of unbranched alkanes of at least 4 members (excludes halogenated alkanes) is 1. The molecule has 1 saturated heterocycles. The summed E-state index contributed by atoms with van der Waals surface area (Å²) in [6.45, 7) is 3.36. The second kappa shape index (κ2) is 10.1. The minimum absolute atomic E-state index is 0.0234. The van der Waals surface area contributed by atoms with Crippen molar-refractivity contribution >= 4 is 22.6 Å². The van der Waals surface area contributed by atoms with Crippen LogP contribution in [0.3, 0.4) is 0 Å². The molecule has 1 heterocycles. The van der Waals surface area contributed by atoms with Crippen LogP contribution >= 0.6 is 0 Å². The summed E-state index contributed by atoms with van der Waals surface area (Å²) in [4.78, 5) is 23.3. The average Bonchev–Trinajstić information content (AvgIpc) is 3.21. The van der Waals surface area contributed by atoms with E-state index in [1.807, 2.05) is 42.5 Å². The molecule has 0 atom stereocenters. The largest absolute Gasteiger partial charge is 0.471 e. The zero-order valence-electron chi connectivity index (χ0n) is 15.9. The van der Waals surface area contributed by atoms with Gasteiger partial charge in [-0.2, -0.15) is 13.2 Å². The maximum Gasteiger partial charge on any atom is 0.471 e. The molecule has 0 radical (unpaired) electrons. The molecule has 0 aromatic heterocycles. The molecule has 2 aromatic carbocycles. The number of hydrogen-bond donors (Lipinski definition) is 1. The zero-order valence-corrected chi connectivity index (χ0v) is 15.9. The number of likely N-dealkylation sites (tertiary alicyclic amines) is 1. The maximum absolute atomic E-state index is 12.0. The van der Waals surface area contributed by atoms with Gasteiger partial charge < -0.3 is 10.2 Å². The number of amides is 2. The standard InChI is InChI=1S/C15H17NO.C6H8F3NO/c1-2-3-11-16-15(17)14-10-6-8-12-7-4-5-9-13(12)14;7-6(8,9)5(11)10-3-1-2-4-10/h4-10H,2-3,11H2,1H3,(H,16,17);1-4H2. The molecule has 0 spiro atoms. The van der Waals surface area contributed by atoms with Crippen molar-refractivity contribution in [3.05, 3.63) is 48.0 Å². The summed E-state index contributed by atoms with van der Waals surface area (Å²) in [7, 11) is 0. The van der Waals surface area contributed by atoms with E-state index in [0.29, 0.717) is 12.8 Å². The van der Waals surface area contributed by atoms with Gasteiger partial charge in [-0.3, -0.25) is 9.59 Å². The molecule has 1 aliphatic heterocycles. The topological polar surface area (TPSA) is 49.4 Å². The molecule has 0 saturated carbocycles. The molecule has 152 valence electrons. The van der Waals surface area contributed by atoms with Crippen molar-refractivity contribution in [1.82, 2.24) is 10.2 Å². The fraction of sp³-hybridized carbons (Fsp3) is 0.429. The second-order valence-corrected chi connectivity index (χ2v) is 6.63. The van der Waals surface area contributed by atoms with E-state index in [0.717, 1.165) is 40.6 Å². The summed E-state index contributed by atoms with van der Waals surface area (Å²) in [5.74, 6) is -1.68. The predicted molar refractivity (Wildman–Crippen MR) is 103 cm³/mol. The van der Waals surface area contributed by atoms with Gasteiger partial charge in [0.25, 0.3) is 5.91 Å². The monoisotopic (exact) mass is 394 g/mol. The summed E-state index contributed by atoms with van der Waals surface area (Å²) in [5.41, 5.74) is 0.763. The molecular formula is C21H25F3N2O2. The number of nitrogens with zero attached hydrogens (tertiary/aromatic N) is 1. The Morgan fingerprint density at radius 2 is 1.68 bits per heavy atom. The quantitative estimate of drug-likeness (QED) is 0.774. The number of nitrogens with one attached hydrogen (secondary N) is 1. The summed E-state index contributed by atoms with van der Waals surface area (Å²) in [6.07, 6.45) is -1.21. The SMILES string of the molecule is CCCCNC(=O)c1cccc2ccccc12.O=C(N1CCCC1)C(F)(F)F. The molecule has 1 N–H and O–H groups in total. The van der Waals surface area contributed by atoms with Crippen molar-refractivity contribution in [3.8, 4) is 0 Å². The Labute approximate surface area is 162 Å². The zero-order chi connectivity index (χ0) is 20.6. The molecule has 4 nitrogen and oxygen atoms in total. The van der Waals surface area contributed by atoms with Crippen LogP contribution < -0.4 is 5.32 Å². The van der Waals surface area contributed by atoms with Gasteiger partial charge in [0.05, 0.1) is 0 Å². The summed E-state index contributed by atoms with van der Waals surface area (Å²) in [5, 5.41) is 5.08. The lowest BCUT2D eigenvalue weighted by Crippen LogP contribution is -2.39. The van der Waals surface area contributed by atoms with Crippen LogP contribution in [0.15, 0.2) is 42.5 Å². The van der Waals surface area contributed by atoms with Gasteiger partial charge in [-0.25, -0.2) is 0 Å². The first kappa shape index (κ1) is 21.7. The first-order valence-electron chi connectivity index (χ1n) is 9.46. The maximum atomic E-state index is 12.0. The highest BCUT2D eigenvalue weighted by molar-refractivity contribution is 6.06. The number of halogens is 3. The van der Waals surface area contributed by atoms with Crippen LogP contribution in [0.2, 0.25) is 0 Å². The highest BCUT2D eigenvalue weighted by atomic mass is 19.4. The Hall–Kier alpha value is -2.57. The molecule has 7 heteroatoms. The van der Waals surface area contributed by atoms with Crippen LogP contribution in [-0.4, -0.2) is 42.5 Å². The van der Waals surface area contributed by atoms with Gasteiger partial charge in [0.2, 0.25) is 0 Å². The Morgan fingerprint density at radius 3 is 2.32 bits per heavy atom. The van der Waals surface area contributed by atoms with Crippen molar-refractivity contribution in [3.63, 3.8) is 0 Å². The Balaban J connectivity index is 0.000000221. The highest BCUT2D eigenvalue weighted by Gasteiger charge is 2.42. The number of benzene rings is 2. The lowest BCUT2D eigenvalue weighted by Gasteiger charge is -2.16. The molecular weight excluding hydrogens is 369 g/mol. The smallest absolute Gasteiger partial charge is 0.352 e. The molecule has 2 amide bonds. The van der Waals surface area contributed by atoms with Crippen LogP contribution in [-0.2, 0) is 4.79 Å². The minimum Gasteiger partial charge on any atom is -0.352 e. The van der Waals surface area contributed by atoms with Gasteiger partial charge in [0.1, 0.15) is 0 Å². The first-order chi connectivity index (χ1) is 13.3. The van der Waals surface area contributed by atoms with Crippen LogP contribution in [0.5, 0.6) is 0 Å². The number of carbonyl (C=O) groups is 2. The summed E-state index contributed by atoms with van der Waals surface area (Å²) >= 11 is 0. The Morgan fingerprint density at radius 1 is 1.04 bits per heavy atom. The molecule has 1 fully saturated rings. The van der Waals surface area contributed by atoms with Gasteiger partial charge in [0.15, 0.2) is 0 Å². The van der Waals surface area contributed by atoms with E-state index in [1.54, 1.807) is 0 Å². The fourth-order valence-electron chi connectivity index (χ4n) is 3.00. The number of fused-ring (bicyclic) bond motifs is 1. The average molecular weight is 394 g/mol. The van der Waals surface area contributed by atoms with Crippen LogP contribution in [0, 0.1) is 0 Å². The van der Waals surface area contributed by atoms with E-state index in [1.165, 1.54) is 0 Å². The fourth-order valence-corrected chi connectivity index (χ4v) is 3.00. The van der Waals surface area contributed by atoms with Crippen molar-refractivity contribution in [2.75, 3.05) is 19.6 Å². The number of alkyl halides is 3. The Bertz CT molecular complexity index is 794. The normalized spacial score (nSPS) is 13.8. The predicted octanol–water partition coefficient (Wildman–Crippen LogP) is 4.54. The molecule has 28 heavy (non-hydrogen) atoms. The molecule has 2 aromatic rings. The molecule has 3 rings (SSSR count). The first-order valence-corrected chi connectivity index (χ1v) is 9.46. The van der Waals surface area contributed by atoms with Crippen LogP contribution in [0.25, 0.3) is 10.8 Å². The van der Waals surface area contributed by atoms with E-state index >= 15 is 0 Å². The van der Waals surface area contributed by atoms with Gasteiger partial charge in [-0.1, -0.05) is 49.7 Å². The lowest BCUT2D eigenvalue weighted by atomic mass is 10.0. The summed E-state index contributed by atoms with van der Waals surface area (Å²) < 4.78 is 35.1. The van der Waals surface area contributed by atoms with Crippen LogP contribution in [0.1, 0.15) is 43.0 Å². The summed E-state index contributed by atoms with van der Waals surface area (Å²) in [6, 6.07) is 13.8. The van der Waals surface area contributed by atoms with Crippen molar-refractivity contribution < 1.29 is 22.8 Å². The van der Waals surface area contributed by atoms with E-state index < -0.39 is 12.1 Å². The van der Waals surface area contributed by atoms with E-state index in [4.69, 9.17) is 0 Å². The molecule has 0 aliphatic carbocycles. The third kappa shape index (κ3) is 5.97. The second-order valence-electron chi connectivity index (χ2n) is 6.63. The van der Waals surface area contributed by atoms with E-state index in [9.17, 15) is 22.8 Å². The number of carbonyl (C=O) groups excluding carboxylic acids is 2. The molecule has 0 unspecified atom stereocenters. The third-order valence-corrected chi connectivity index (χ3v) is 4.49. The number of rotatable bonds is 4. The number of hydrogen-bond acceptors (Lipinski definition) is 2. The minimum atomic E-state index is -4.69. The van der Waals surface area contributed by atoms with Gasteiger partial charge in [0, 0.05) is 25.2 Å². The molecule has 0 bridgehead atoms. The van der Waals surface area contributed by atoms with Gasteiger partial charge in [-0.05, 0) is 36.1 Å². The van der Waals surface area contributed by atoms with E-state index in [-0.39, 0.29) is 19.0 Å². The van der Waals surface area contributed by atoms with E-state index in [2.05, 4.69) is 12.2 Å². The van der Waals surface area contributed by atoms with Gasteiger partial charge >= 0.3 is 12.1 Å². The lowest BCUT2D eigenvalue weighted by molar-refractivity contribution is -0.184. The van der Waals surface area contributed by atoms with Crippen molar-refractivity contribution in [2.24, 2.45) is 0 Å². The van der Waals surface area contributed by atoms with Crippen LogP contribution in [0.4, 0.5) is 13.2 Å². The van der Waals surface area contributed by atoms with Crippen molar-refractivity contribution in [1.29, 1.82) is 0 Å². The molecule has 1 aliphatic rings. The highest BCUT2D eigenvalue weighted by Crippen LogP contribution is 2.21. The third-order valence-electron chi connectivity index (χ3n) is 4.49. The van der Waals surface area contributed by atoms with Crippen molar-refractivity contribution in [2.45, 2.75) is 38.8 Å². The van der Waals surface area contributed by atoms with Gasteiger partial charge in [-0.15, -0.1) is 0 Å². The Kier molecular flexibility index (Phi) is 7.84.